The minimum absolute atomic E-state index is 0.689. The second-order valence-electron chi connectivity index (χ2n) is 14.6. The monoisotopic (exact) mass is 727 g/mol. The molecule has 4 heterocycles. The predicted molar refractivity (Wildman–Crippen MR) is 236 cm³/mol. The van der Waals surface area contributed by atoms with Gasteiger partial charge in [0.25, 0.3) is 0 Å². The van der Waals surface area contributed by atoms with Crippen molar-refractivity contribution in [3.63, 3.8) is 0 Å². The number of benzene rings is 8. The van der Waals surface area contributed by atoms with Gasteiger partial charge in [0.15, 0.2) is 5.82 Å². The van der Waals surface area contributed by atoms with E-state index in [1.165, 1.54) is 32.7 Å². The summed E-state index contributed by atoms with van der Waals surface area (Å²) < 4.78 is 7.04. The molecule has 0 unspecified atom stereocenters. The highest BCUT2D eigenvalue weighted by Crippen LogP contribution is 2.41. The second-order valence-corrected chi connectivity index (χ2v) is 14.6. The van der Waals surface area contributed by atoms with Gasteiger partial charge in [0.2, 0.25) is 0 Å². The van der Waals surface area contributed by atoms with Crippen molar-refractivity contribution in [2.45, 2.75) is 0 Å². The highest BCUT2D eigenvalue weighted by molar-refractivity contribution is 6.13. The standard InChI is InChI=1S/C52H33N5/c1-3-17-36(18-4-1)55-46-28-13-9-24-41(46)43-33-35(30-31-48(43)55)52-53-49(51-50(54-52)42-25-10-14-29-47(42)57(51)37-19-5-2-6-20-37)34-16-15-21-38(32-34)56-44-26-11-7-22-39(44)40-23-8-12-27-45(40)56/h1-33H. The zero-order valence-electron chi connectivity index (χ0n) is 30.8. The lowest BCUT2D eigenvalue weighted by atomic mass is 10.1. The van der Waals surface area contributed by atoms with E-state index in [1.54, 1.807) is 0 Å². The topological polar surface area (TPSA) is 40.6 Å². The third-order valence-electron chi connectivity index (χ3n) is 11.4. The van der Waals surface area contributed by atoms with Gasteiger partial charge in [-0.2, -0.15) is 0 Å². The number of hydrogen-bond donors (Lipinski definition) is 0. The lowest BCUT2D eigenvalue weighted by molar-refractivity contribution is 1.14. The molecular weight excluding hydrogens is 695 g/mol. The van der Waals surface area contributed by atoms with Crippen LogP contribution in [0, 0.1) is 0 Å². The molecule has 266 valence electrons. The first kappa shape index (κ1) is 31.6. The van der Waals surface area contributed by atoms with Crippen molar-refractivity contribution in [3.8, 4) is 39.7 Å². The molecule has 8 aromatic carbocycles. The van der Waals surface area contributed by atoms with Gasteiger partial charge >= 0.3 is 0 Å². The Kier molecular flexibility index (Phi) is 6.86. The Morgan fingerprint density at radius 3 is 1.40 bits per heavy atom. The van der Waals surface area contributed by atoms with Crippen molar-refractivity contribution < 1.29 is 0 Å². The van der Waals surface area contributed by atoms with Crippen LogP contribution in [0.2, 0.25) is 0 Å². The van der Waals surface area contributed by atoms with Gasteiger partial charge in [-0.05, 0) is 78.9 Å². The van der Waals surface area contributed by atoms with E-state index in [4.69, 9.17) is 9.97 Å². The average molecular weight is 728 g/mol. The normalized spacial score (nSPS) is 11.9. The summed E-state index contributed by atoms with van der Waals surface area (Å²) in [5.41, 5.74) is 13.8. The van der Waals surface area contributed by atoms with E-state index in [-0.39, 0.29) is 0 Å². The molecule has 0 fully saturated rings. The van der Waals surface area contributed by atoms with Crippen molar-refractivity contribution in [3.05, 3.63) is 200 Å². The fourth-order valence-corrected chi connectivity index (χ4v) is 8.98. The van der Waals surface area contributed by atoms with Crippen LogP contribution in [0.3, 0.4) is 0 Å². The molecule has 0 aliphatic heterocycles. The molecule has 5 nitrogen and oxygen atoms in total. The smallest absolute Gasteiger partial charge is 0.160 e. The molecule has 0 saturated carbocycles. The van der Waals surface area contributed by atoms with E-state index >= 15 is 0 Å². The number of rotatable bonds is 5. The van der Waals surface area contributed by atoms with E-state index < -0.39 is 0 Å². The summed E-state index contributed by atoms with van der Waals surface area (Å²) in [7, 11) is 0. The maximum absolute atomic E-state index is 5.57. The fourth-order valence-electron chi connectivity index (χ4n) is 8.98. The quantitative estimate of drug-likeness (QED) is 0.177. The predicted octanol–water partition coefficient (Wildman–Crippen LogP) is 13.1. The summed E-state index contributed by atoms with van der Waals surface area (Å²) in [6.07, 6.45) is 0. The minimum Gasteiger partial charge on any atom is -0.309 e. The molecule has 0 bridgehead atoms. The van der Waals surface area contributed by atoms with Crippen LogP contribution in [0.15, 0.2) is 200 Å². The van der Waals surface area contributed by atoms with Crippen LogP contribution >= 0.6 is 0 Å². The summed E-state index contributed by atoms with van der Waals surface area (Å²) >= 11 is 0. The third-order valence-corrected chi connectivity index (χ3v) is 11.4. The van der Waals surface area contributed by atoms with Gasteiger partial charge in [-0.1, -0.05) is 121 Å². The van der Waals surface area contributed by atoms with Crippen LogP contribution in [-0.4, -0.2) is 23.7 Å². The van der Waals surface area contributed by atoms with Crippen LogP contribution < -0.4 is 0 Å². The average Bonchev–Trinajstić information content (AvgIpc) is 3.92. The lowest BCUT2D eigenvalue weighted by Gasteiger charge is -2.14. The number of para-hydroxylation sites is 6. The molecule has 0 amide bonds. The van der Waals surface area contributed by atoms with E-state index in [1.807, 2.05) is 0 Å². The first-order valence-electron chi connectivity index (χ1n) is 19.3. The van der Waals surface area contributed by atoms with Crippen LogP contribution in [0.25, 0.3) is 105 Å². The summed E-state index contributed by atoms with van der Waals surface area (Å²) in [5, 5.41) is 5.91. The number of fused-ring (bicyclic) bond motifs is 9. The molecule has 0 N–H and O–H groups in total. The molecule has 57 heavy (non-hydrogen) atoms. The molecule has 0 aliphatic rings. The summed E-state index contributed by atoms with van der Waals surface area (Å²) in [6, 6.07) is 71.2. The first-order valence-corrected chi connectivity index (χ1v) is 19.3. The van der Waals surface area contributed by atoms with Crippen molar-refractivity contribution in [2.24, 2.45) is 0 Å². The Morgan fingerprint density at radius 1 is 0.298 bits per heavy atom. The van der Waals surface area contributed by atoms with Crippen molar-refractivity contribution in [1.82, 2.24) is 23.7 Å². The molecular formula is C52H33N5. The fraction of sp³-hybridized carbons (Fsp3) is 0. The Labute approximate surface area is 328 Å². The summed E-state index contributed by atoms with van der Waals surface area (Å²) in [6.45, 7) is 0. The number of hydrogen-bond acceptors (Lipinski definition) is 2. The molecule has 12 rings (SSSR count). The molecule has 4 aromatic heterocycles. The molecule has 0 atom stereocenters. The van der Waals surface area contributed by atoms with Gasteiger partial charge in [-0.3, -0.25) is 0 Å². The molecule has 0 radical (unpaired) electrons. The maximum Gasteiger partial charge on any atom is 0.160 e. The minimum atomic E-state index is 0.689. The third kappa shape index (κ3) is 4.76. The lowest BCUT2D eigenvalue weighted by Crippen LogP contribution is -2.01. The number of nitrogens with zero attached hydrogens (tertiary/aromatic N) is 5. The van der Waals surface area contributed by atoms with E-state index in [0.29, 0.717) is 5.82 Å². The molecule has 5 heteroatoms. The van der Waals surface area contributed by atoms with E-state index in [0.717, 1.165) is 66.7 Å². The summed E-state index contributed by atoms with van der Waals surface area (Å²) in [4.78, 5) is 11.0. The molecule has 0 saturated heterocycles. The van der Waals surface area contributed by atoms with Crippen molar-refractivity contribution >= 4 is 65.5 Å². The molecule has 0 aliphatic carbocycles. The zero-order chi connectivity index (χ0) is 37.5. The first-order chi connectivity index (χ1) is 28.3. The van der Waals surface area contributed by atoms with Crippen LogP contribution in [0.5, 0.6) is 0 Å². The van der Waals surface area contributed by atoms with Crippen LogP contribution in [0.1, 0.15) is 0 Å². The maximum atomic E-state index is 5.57. The largest absolute Gasteiger partial charge is 0.309 e. The SMILES string of the molecule is c1ccc(-n2c3ccccc3c3cc(-c4nc(-c5cccc(-n6c7ccccc7c7ccccc76)c5)c5c(n4)c4ccccc4n5-c4ccccc4)ccc32)cc1. The molecule has 0 spiro atoms. The highest BCUT2D eigenvalue weighted by atomic mass is 15.0. The Balaban J connectivity index is 1.15. The van der Waals surface area contributed by atoms with Gasteiger partial charge < -0.3 is 13.7 Å². The van der Waals surface area contributed by atoms with Gasteiger partial charge in [0.1, 0.15) is 5.52 Å². The zero-order valence-corrected chi connectivity index (χ0v) is 30.8. The van der Waals surface area contributed by atoms with E-state index in [2.05, 4.69) is 214 Å². The Morgan fingerprint density at radius 2 is 0.772 bits per heavy atom. The highest BCUT2D eigenvalue weighted by Gasteiger charge is 2.23. The Bertz CT molecular complexity index is 3460. The van der Waals surface area contributed by atoms with Crippen LogP contribution in [-0.2, 0) is 0 Å². The van der Waals surface area contributed by atoms with E-state index in [9.17, 15) is 0 Å². The van der Waals surface area contributed by atoms with Gasteiger partial charge in [0, 0.05) is 55.1 Å². The summed E-state index contributed by atoms with van der Waals surface area (Å²) in [5.74, 6) is 0.689. The van der Waals surface area contributed by atoms with Gasteiger partial charge in [-0.25, -0.2) is 9.97 Å². The Hall–Kier alpha value is -7.76. The second kappa shape index (κ2) is 12.4. The van der Waals surface area contributed by atoms with Crippen molar-refractivity contribution in [2.75, 3.05) is 0 Å². The number of aromatic nitrogens is 5. The van der Waals surface area contributed by atoms with Gasteiger partial charge in [0.05, 0.1) is 38.8 Å². The van der Waals surface area contributed by atoms with Crippen LogP contribution in [0.4, 0.5) is 0 Å². The van der Waals surface area contributed by atoms with Crippen molar-refractivity contribution in [1.29, 1.82) is 0 Å². The molecule has 12 aromatic rings. The van der Waals surface area contributed by atoms with Gasteiger partial charge in [-0.15, -0.1) is 0 Å².